The van der Waals surface area contributed by atoms with Gasteiger partial charge in [0, 0.05) is 25.2 Å². The van der Waals surface area contributed by atoms with E-state index in [1.165, 1.54) is 19.3 Å². The standard InChI is InChI=1S/C14H20N4/c1-18-12-5-8-16-10-11(12)17-13(18)9-14(15)6-3-2-4-7-14/h5,8,10H,2-4,6-7,9,15H2,1H3. The molecule has 0 unspecified atom stereocenters. The van der Waals surface area contributed by atoms with Crippen LogP contribution in [0.25, 0.3) is 11.0 Å². The topological polar surface area (TPSA) is 56.7 Å². The van der Waals surface area contributed by atoms with Gasteiger partial charge in [0.05, 0.1) is 11.7 Å². The fraction of sp³-hybridized carbons (Fsp3) is 0.571. The highest BCUT2D eigenvalue weighted by molar-refractivity contribution is 5.74. The average molecular weight is 244 g/mol. The number of rotatable bonds is 2. The first kappa shape index (κ1) is 11.7. The van der Waals surface area contributed by atoms with Crippen LogP contribution in [-0.2, 0) is 13.5 Å². The van der Waals surface area contributed by atoms with E-state index in [1.54, 1.807) is 0 Å². The van der Waals surface area contributed by atoms with E-state index < -0.39 is 0 Å². The van der Waals surface area contributed by atoms with Gasteiger partial charge in [-0.3, -0.25) is 4.98 Å². The largest absolute Gasteiger partial charge is 0.331 e. The number of aryl methyl sites for hydroxylation is 1. The van der Waals surface area contributed by atoms with Crippen molar-refractivity contribution in [3.63, 3.8) is 0 Å². The number of fused-ring (bicyclic) bond motifs is 1. The first-order valence-electron chi connectivity index (χ1n) is 6.72. The van der Waals surface area contributed by atoms with E-state index in [0.29, 0.717) is 0 Å². The maximum atomic E-state index is 6.51. The Balaban J connectivity index is 1.92. The summed E-state index contributed by atoms with van der Waals surface area (Å²) >= 11 is 0. The van der Waals surface area contributed by atoms with Crippen LogP contribution in [0.1, 0.15) is 37.9 Å². The number of pyridine rings is 1. The minimum absolute atomic E-state index is 0.0547. The highest BCUT2D eigenvalue weighted by atomic mass is 15.1. The second-order valence-corrected chi connectivity index (χ2v) is 5.55. The van der Waals surface area contributed by atoms with Crippen LogP contribution in [-0.4, -0.2) is 20.1 Å². The molecule has 96 valence electrons. The molecule has 2 aromatic heterocycles. The Morgan fingerprint density at radius 1 is 1.33 bits per heavy atom. The molecule has 0 aliphatic heterocycles. The van der Waals surface area contributed by atoms with Gasteiger partial charge in [-0.05, 0) is 18.9 Å². The second kappa shape index (κ2) is 4.35. The molecule has 1 fully saturated rings. The van der Waals surface area contributed by atoms with E-state index in [1.807, 2.05) is 18.5 Å². The van der Waals surface area contributed by atoms with Crippen LogP contribution in [0.5, 0.6) is 0 Å². The number of aromatic nitrogens is 3. The van der Waals surface area contributed by atoms with E-state index in [2.05, 4.69) is 21.6 Å². The molecule has 1 aliphatic carbocycles. The highest BCUT2D eigenvalue weighted by Gasteiger charge is 2.29. The van der Waals surface area contributed by atoms with E-state index in [9.17, 15) is 0 Å². The smallest absolute Gasteiger partial charge is 0.111 e. The molecule has 18 heavy (non-hydrogen) atoms. The van der Waals surface area contributed by atoms with E-state index in [0.717, 1.165) is 36.1 Å². The van der Waals surface area contributed by atoms with Crippen molar-refractivity contribution in [1.82, 2.24) is 14.5 Å². The monoisotopic (exact) mass is 244 g/mol. The Morgan fingerprint density at radius 2 is 2.11 bits per heavy atom. The molecule has 1 saturated carbocycles. The third kappa shape index (κ3) is 2.01. The van der Waals surface area contributed by atoms with Crippen LogP contribution in [0.4, 0.5) is 0 Å². The lowest BCUT2D eigenvalue weighted by molar-refractivity contribution is 0.288. The number of nitrogens with two attached hydrogens (primary N) is 1. The zero-order chi connectivity index (χ0) is 12.6. The van der Waals surface area contributed by atoms with Gasteiger partial charge in [-0.1, -0.05) is 19.3 Å². The summed E-state index contributed by atoms with van der Waals surface area (Å²) in [5.41, 5.74) is 8.56. The van der Waals surface area contributed by atoms with Gasteiger partial charge in [0.2, 0.25) is 0 Å². The summed E-state index contributed by atoms with van der Waals surface area (Å²) in [6.07, 6.45) is 10.6. The van der Waals surface area contributed by atoms with Crippen LogP contribution in [0, 0.1) is 0 Å². The lowest BCUT2D eigenvalue weighted by Crippen LogP contribution is -2.44. The first-order chi connectivity index (χ1) is 8.68. The second-order valence-electron chi connectivity index (χ2n) is 5.55. The molecule has 2 aromatic rings. The number of hydrogen-bond donors (Lipinski definition) is 1. The SMILES string of the molecule is Cn1c(CC2(N)CCCCC2)nc2cnccc21. The van der Waals surface area contributed by atoms with Crippen molar-refractivity contribution in [1.29, 1.82) is 0 Å². The molecule has 2 N–H and O–H groups in total. The third-order valence-electron chi connectivity index (χ3n) is 4.14. The predicted molar refractivity (Wildman–Crippen MR) is 72.2 cm³/mol. The lowest BCUT2D eigenvalue weighted by atomic mass is 9.80. The first-order valence-corrected chi connectivity index (χ1v) is 6.72. The fourth-order valence-corrected chi connectivity index (χ4v) is 3.01. The number of imidazole rings is 1. The third-order valence-corrected chi connectivity index (χ3v) is 4.14. The van der Waals surface area contributed by atoms with E-state index in [4.69, 9.17) is 5.73 Å². The average Bonchev–Trinajstić information content (AvgIpc) is 2.67. The van der Waals surface area contributed by atoms with E-state index >= 15 is 0 Å². The molecule has 0 aromatic carbocycles. The Kier molecular flexibility index (Phi) is 2.82. The minimum Gasteiger partial charge on any atom is -0.331 e. The number of hydrogen-bond acceptors (Lipinski definition) is 3. The van der Waals surface area contributed by atoms with Crippen molar-refractivity contribution in [3.05, 3.63) is 24.3 Å². The van der Waals surface area contributed by atoms with Gasteiger partial charge in [0.15, 0.2) is 0 Å². The molecule has 1 aliphatic rings. The van der Waals surface area contributed by atoms with Gasteiger partial charge >= 0.3 is 0 Å². The van der Waals surface area contributed by atoms with Crippen molar-refractivity contribution in [2.45, 2.75) is 44.1 Å². The fourth-order valence-electron chi connectivity index (χ4n) is 3.01. The van der Waals surface area contributed by atoms with Crippen molar-refractivity contribution in [2.24, 2.45) is 12.8 Å². The Bertz CT molecular complexity index is 552. The Morgan fingerprint density at radius 3 is 2.83 bits per heavy atom. The summed E-state index contributed by atoms with van der Waals surface area (Å²) in [5.74, 6) is 1.09. The summed E-state index contributed by atoms with van der Waals surface area (Å²) in [4.78, 5) is 8.80. The molecule has 4 nitrogen and oxygen atoms in total. The summed E-state index contributed by atoms with van der Waals surface area (Å²) in [5, 5.41) is 0. The summed E-state index contributed by atoms with van der Waals surface area (Å²) < 4.78 is 2.15. The molecule has 3 rings (SSSR count). The maximum absolute atomic E-state index is 6.51. The molecule has 0 amide bonds. The normalized spacial score (nSPS) is 19.2. The molecular formula is C14H20N4. The molecule has 0 atom stereocenters. The van der Waals surface area contributed by atoms with Crippen LogP contribution >= 0.6 is 0 Å². The van der Waals surface area contributed by atoms with Crippen molar-refractivity contribution < 1.29 is 0 Å². The van der Waals surface area contributed by atoms with Crippen LogP contribution < -0.4 is 5.73 Å². The summed E-state index contributed by atoms with van der Waals surface area (Å²) in [7, 11) is 2.07. The van der Waals surface area contributed by atoms with Gasteiger partial charge in [-0.2, -0.15) is 0 Å². The van der Waals surface area contributed by atoms with Crippen molar-refractivity contribution >= 4 is 11.0 Å². The molecule has 0 spiro atoms. The van der Waals surface area contributed by atoms with Gasteiger partial charge in [0.25, 0.3) is 0 Å². The van der Waals surface area contributed by atoms with Crippen molar-refractivity contribution in [2.75, 3.05) is 0 Å². The predicted octanol–water partition coefficient (Wildman–Crippen LogP) is 2.17. The lowest BCUT2D eigenvalue weighted by Gasteiger charge is -2.33. The molecular weight excluding hydrogens is 224 g/mol. The zero-order valence-electron chi connectivity index (χ0n) is 10.9. The summed E-state index contributed by atoms with van der Waals surface area (Å²) in [6, 6.07) is 2.01. The molecule has 0 bridgehead atoms. The van der Waals surface area contributed by atoms with Gasteiger partial charge < -0.3 is 10.3 Å². The molecule has 0 saturated heterocycles. The van der Waals surface area contributed by atoms with Crippen LogP contribution in [0.15, 0.2) is 18.5 Å². The summed E-state index contributed by atoms with van der Waals surface area (Å²) in [6.45, 7) is 0. The van der Waals surface area contributed by atoms with Gasteiger partial charge in [0.1, 0.15) is 11.3 Å². The van der Waals surface area contributed by atoms with Gasteiger partial charge in [-0.15, -0.1) is 0 Å². The maximum Gasteiger partial charge on any atom is 0.111 e. The van der Waals surface area contributed by atoms with Crippen LogP contribution in [0.3, 0.4) is 0 Å². The van der Waals surface area contributed by atoms with Gasteiger partial charge in [-0.25, -0.2) is 4.98 Å². The highest BCUT2D eigenvalue weighted by Crippen LogP contribution is 2.29. The van der Waals surface area contributed by atoms with Crippen LogP contribution in [0.2, 0.25) is 0 Å². The zero-order valence-corrected chi connectivity index (χ0v) is 10.9. The Hall–Kier alpha value is -1.42. The van der Waals surface area contributed by atoms with Crippen molar-refractivity contribution in [3.8, 4) is 0 Å². The quantitative estimate of drug-likeness (QED) is 0.880. The number of nitrogens with zero attached hydrogens (tertiary/aromatic N) is 3. The molecule has 0 radical (unpaired) electrons. The minimum atomic E-state index is -0.0547. The Labute approximate surface area is 107 Å². The van der Waals surface area contributed by atoms with E-state index in [-0.39, 0.29) is 5.54 Å². The molecule has 4 heteroatoms. The molecule has 2 heterocycles.